The van der Waals surface area contributed by atoms with Crippen LogP contribution in [0.3, 0.4) is 0 Å². The van der Waals surface area contributed by atoms with Crippen molar-refractivity contribution in [1.29, 1.82) is 0 Å². The molecule has 1 atom stereocenters. The molecule has 112 valence electrons. The number of benzene rings is 1. The molecule has 21 heavy (non-hydrogen) atoms. The molecule has 1 unspecified atom stereocenters. The number of aromatic nitrogens is 1. The van der Waals surface area contributed by atoms with E-state index in [4.69, 9.17) is 16.3 Å². The fourth-order valence-corrected chi connectivity index (χ4v) is 3.24. The number of nitrogens with zero attached hydrogens (tertiary/aromatic N) is 1. The van der Waals surface area contributed by atoms with Crippen molar-refractivity contribution in [2.75, 3.05) is 12.4 Å². The van der Waals surface area contributed by atoms with Gasteiger partial charge in [0.1, 0.15) is 5.75 Å². The Morgan fingerprint density at radius 3 is 2.48 bits per heavy atom. The maximum absolute atomic E-state index is 5.96. The van der Waals surface area contributed by atoms with Crippen LogP contribution in [0.2, 0.25) is 5.02 Å². The fraction of sp³-hybridized carbons (Fsp3) is 0.353. The Morgan fingerprint density at radius 1 is 1.24 bits per heavy atom. The van der Waals surface area contributed by atoms with Crippen LogP contribution in [0.1, 0.15) is 28.3 Å². The van der Waals surface area contributed by atoms with Crippen LogP contribution < -0.4 is 4.74 Å². The number of pyridine rings is 1. The molecule has 2 aromatic rings. The first kappa shape index (κ1) is 16.3. The highest BCUT2D eigenvalue weighted by molar-refractivity contribution is 9.09. The third-order valence-corrected chi connectivity index (χ3v) is 4.75. The highest BCUT2D eigenvalue weighted by Gasteiger charge is 2.16. The molecule has 0 bridgehead atoms. The SMILES string of the molecule is COc1c(C)cnc(CC(CBr)c2ccc(Cl)cc2)c1C. The summed E-state index contributed by atoms with van der Waals surface area (Å²) in [4.78, 5) is 4.59. The molecular formula is C17H19BrClNO. The second-order valence-corrected chi connectivity index (χ2v) is 6.24. The first-order valence-electron chi connectivity index (χ1n) is 6.87. The average Bonchev–Trinajstić information content (AvgIpc) is 2.48. The Bertz CT molecular complexity index is 613. The Labute approximate surface area is 139 Å². The van der Waals surface area contributed by atoms with E-state index in [9.17, 15) is 0 Å². The summed E-state index contributed by atoms with van der Waals surface area (Å²) in [5, 5.41) is 1.64. The lowest BCUT2D eigenvalue weighted by atomic mass is 9.94. The van der Waals surface area contributed by atoms with Crippen molar-refractivity contribution in [2.24, 2.45) is 0 Å². The van der Waals surface area contributed by atoms with Gasteiger partial charge in [0.2, 0.25) is 0 Å². The van der Waals surface area contributed by atoms with Crippen LogP contribution in [-0.2, 0) is 6.42 Å². The number of hydrogen-bond donors (Lipinski definition) is 0. The second kappa shape index (κ2) is 7.28. The molecule has 2 rings (SSSR count). The maximum Gasteiger partial charge on any atom is 0.128 e. The molecule has 0 radical (unpaired) electrons. The van der Waals surface area contributed by atoms with Gasteiger partial charge in [-0.05, 0) is 43.9 Å². The molecular weight excluding hydrogens is 350 g/mol. The fourth-order valence-electron chi connectivity index (χ4n) is 2.51. The quantitative estimate of drug-likeness (QED) is 0.686. The van der Waals surface area contributed by atoms with Crippen molar-refractivity contribution < 1.29 is 4.74 Å². The van der Waals surface area contributed by atoms with Gasteiger partial charge in [0.25, 0.3) is 0 Å². The molecule has 0 amide bonds. The molecule has 1 aromatic heterocycles. The smallest absolute Gasteiger partial charge is 0.128 e. The van der Waals surface area contributed by atoms with Crippen LogP contribution in [0.5, 0.6) is 5.75 Å². The number of methoxy groups -OCH3 is 1. The van der Waals surface area contributed by atoms with Gasteiger partial charge in [-0.2, -0.15) is 0 Å². The number of halogens is 2. The Balaban J connectivity index is 2.29. The van der Waals surface area contributed by atoms with Crippen molar-refractivity contribution in [3.8, 4) is 5.75 Å². The standard InChI is InChI=1S/C17H19BrClNO/c1-11-10-20-16(12(2)17(11)21-3)8-14(9-18)13-4-6-15(19)7-5-13/h4-7,10,14H,8-9H2,1-3H3. The van der Waals surface area contributed by atoms with Gasteiger partial charge in [0.15, 0.2) is 0 Å². The molecule has 2 nitrogen and oxygen atoms in total. The van der Waals surface area contributed by atoms with Gasteiger partial charge in [0, 0.05) is 33.4 Å². The van der Waals surface area contributed by atoms with Crippen molar-refractivity contribution in [1.82, 2.24) is 4.98 Å². The molecule has 0 aliphatic rings. The molecule has 1 aromatic carbocycles. The zero-order valence-corrected chi connectivity index (χ0v) is 14.8. The summed E-state index contributed by atoms with van der Waals surface area (Å²) >= 11 is 9.57. The predicted molar refractivity (Wildman–Crippen MR) is 92.0 cm³/mol. The molecule has 0 spiro atoms. The number of alkyl halides is 1. The lowest BCUT2D eigenvalue weighted by molar-refractivity contribution is 0.406. The predicted octanol–water partition coefficient (Wildman–Crippen LogP) is 5.08. The van der Waals surface area contributed by atoms with Gasteiger partial charge in [-0.25, -0.2) is 0 Å². The maximum atomic E-state index is 5.96. The lowest BCUT2D eigenvalue weighted by Crippen LogP contribution is -2.08. The van der Waals surface area contributed by atoms with E-state index in [0.717, 1.165) is 39.3 Å². The first-order chi connectivity index (χ1) is 10.1. The minimum atomic E-state index is 0.362. The third kappa shape index (κ3) is 3.78. The topological polar surface area (TPSA) is 22.1 Å². The molecule has 0 saturated heterocycles. The summed E-state index contributed by atoms with van der Waals surface area (Å²) in [6.45, 7) is 4.09. The van der Waals surface area contributed by atoms with Crippen LogP contribution in [0, 0.1) is 13.8 Å². The molecule has 0 aliphatic heterocycles. The van der Waals surface area contributed by atoms with Crippen LogP contribution in [-0.4, -0.2) is 17.4 Å². The second-order valence-electron chi connectivity index (χ2n) is 5.15. The van der Waals surface area contributed by atoms with Crippen LogP contribution in [0.4, 0.5) is 0 Å². The lowest BCUT2D eigenvalue weighted by Gasteiger charge is -2.17. The number of hydrogen-bond acceptors (Lipinski definition) is 2. The van der Waals surface area contributed by atoms with E-state index in [1.54, 1.807) is 7.11 Å². The minimum absolute atomic E-state index is 0.362. The van der Waals surface area contributed by atoms with E-state index in [1.165, 1.54) is 5.56 Å². The highest BCUT2D eigenvalue weighted by Crippen LogP contribution is 2.29. The van der Waals surface area contributed by atoms with Crippen LogP contribution >= 0.6 is 27.5 Å². The van der Waals surface area contributed by atoms with Gasteiger partial charge in [-0.15, -0.1) is 0 Å². The summed E-state index contributed by atoms with van der Waals surface area (Å²) in [6, 6.07) is 8.02. The molecule has 0 saturated carbocycles. The molecule has 0 fully saturated rings. The number of ether oxygens (including phenoxy) is 1. The largest absolute Gasteiger partial charge is 0.496 e. The Hall–Kier alpha value is -1.06. The van der Waals surface area contributed by atoms with E-state index in [2.05, 4.69) is 40.0 Å². The molecule has 1 heterocycles. The van der Waals surface area contributed by atoms with Crippen molar-refractivity contribution in [3.63, 3.8) is 0 Å². The van der Waals surface area contributed by atoms with Crippen molar-refractivity contribution >= 4 is 27.5 Å². The van der Waals surface area contributed by atoms with Gasteiger partial charge in [0.05, 0.1) is 7.11 Å². The number of aryl methyl sites for hydroxylation is 1. The molecule has 0 N–H and O–H groups in total. The van der Waals surface area contributed by atoms with Crippen molar-refractivity contribution in [3.05, 3.63) is 57.9 Å². The van der Waals surface area contributed by atoms with E-state index >= 15 is 0 Å². The highest BCUT2D eigenvalue weighted by atomic mass is 79.9. The normalized spacial score (nSPS) is 12.2. The summed E-state index contributed by atoms with van der Waals surface area (Å²) in [7, 11) is 1.71. The van der Waals surface area contributed by atoms with Crippen LogP contribution in [0.15, 0.2) is 30.5 Å². The van der Waals surface area contributed by atoms with Gasteiger partial charge in [-0.1, -0.05) is 39.7 Å². The zero-order chi connectivity index (χ0) is 15.4. The third-order valence-electron chi connectivity index (χ3n) is 3.72. The summed E-state index contributed by atoms with van der Waals surface area (Å²) in [6.07, 6.45) is 2.75. The molecule has 0 aliphatic carbocycles. The average molecular weight is 369 g/mol. The summed E-state index contributed by atoms with van der Waals surface area (Å²) in [5.74, 6) is 1.30. The van der Waals surface area contributed by atoms with Gasteiger partial charge in [-0.3, -0.25) is 4.98 Å². The molecule has 4 heteroatoms. The van der Waals surface area contributed by atoms with E-state index in [-0.39, 0.29) is 0 Å². The number of rotatable bonds is 5. The summed E-state index contributed by atoms with van der Waals surface area (Å²) < 4.78 is 5.48. The van der Waals surface area contributed by atoms with Gasteiger partial charge < -0.3 is 4.74 Å². The minimum Gasteiger partial charge on any atom is -0.496 e. The van der Waals surface area contributed by atoms with E-state index in [0.29, 0.717) is 5.92 Å². The van der Waals surface area contributed by atoms with Gasteiger partial charge >= 0.3 is 0 Å². The monoisotopic (exact) mass is 367 g/mol. The van der Waals surface area contributed by atoms with E-state index in [1.807, 2.05) is 25.3 Å². The Morgan fingerprint density at radius 2 is 1.90 bits per heavy atom. The van der Waals surface area contributed by atoms with E-state index < -0.39 is 0 Å². The van der Waals surface area contributed by atoms with Crippen LogP contribution in [0.25, 0.3) is 0 Å². The zero-order valence-electron chi connectivity index (χ0n) is 12.5. The summed E-state index contributed by atoms with van der Waals surface area (Å²) in [5.41, 5.74) is 4.53. The Kier molecular flexibility index (Phi) is 5.65. The van der Waals surface area contributed by atoms with Crippen molar-refractivity contribution in [2.45, 2.75) is 26.2 Å². The first-order valence-corrected chi connectivity index (χ1v) is 8.37.